The average molecular weight is 380 g/mol. The topological polar surface area (TPSA) is 79.1 Å². The summed E-state index contributed by atoms with van der Waals surface area (Å²) in [7, 11) is 0. The minimum Gasteiger partial charge on any atom is -0.364 e. The van der Waals surface area contributed by atoms with Crippen LogP contribution in [0.5, 0.6) is 0 Å². The normalized spacial score (nSPS) is 14.8. The van der Waals surface area contributed by atoms with Gasteiger partial charge in [-0.05, 0) is 47.5 Å². The number of fused-ring (bicyclic) bond motifs is 1. The van der Waals surface area contributed by atoms with Crippen LogP contribution < -0.4 is 11.0 Å². The lowest BCUT2D eigenvalue weighted by Gasteiger charge is -2.09. The summed E-state index contributed by atoms with van der Waals surface area (Å²) in [5.41, 5.74) is 6.28. The molecule has 1 heterocycles. The number of nitrogens with two attached hydrogens (primary N) is 1. The van der Waals surface area contributed by atoms with Gasteiger partial charge >= 0.3 is 0 Å². The molecule has 4 nitrogen and oxygen atoms in total. The maximum absolute atomic E-state index is 11.4. The third kappa shape index (κ3) is 2.40. The van der Waals surface area contributed by atoms with Crippen LogP contribution in [0, 0.1) is 3.57 Å². The lowest BCUT2D eigenvalue weighted by Crippen LogP contribution is -2.20. The van der Waals surface area contributed by atoms with Crippen molar-refractivity contribution in [1.29, 1.82) is 0 Å². The van der Waals surface area contributed by atoms with E-state index in [1.54, 1.807) is 6.66 Å². The van der Waals surface area contributed by atoms with E-state index in [0.717, 1.165) is 14.5 Å². The zero-order valence-corrected chi connectivity index (χ0v) is 12.8. The molecule has 1 unspecified atom stereocenters. The molecule has 0 saturated heterocycles. The van der Waals surface area contributed by atoms with E-state index >= 15 is 0 Å². The minimum absolute atomic E-state index is 0.218. The van der Waals surface area contributed by atoms with Crippen LogP contribution in [0.15, 0.2) is 18.2 Å². The van der Waals surface area contributed by atoms with Gasteiger partial charge in [-0.25, -0.2) is 0 Å². The molecule has 0 aliphatic rings. The van der Waals surface area contributed by atoms with Gasteiger partial charge in [0.15, 0.2) is 0 Å². The zero-order valence-electron chi connectivity index (χ0n) is 8.90. The number of rotatable bonds is 2. The third-order valence-corrected chi connectivity index (χ3v) is 4.91. The van der Waals surface area contributed by atoms with Gasteiger partial charge in [-0.1, -0.05) is 11.8 Å². The molecule has 0 saturated carbocycles. The summed E-state index contributed by atoms with van der Waals surface area (Å²) in [4.78, 5) is 24.4. The summed E-state index contributed by atoms with van der Waals surface area (Å²) in [5, 5.41) is 1.26. The first-order valence-electron chi connectivity index (χ1n) is 4.72. The van der Waals surface area contributed by atoms with Gasteiger partial charge in [0.25, 0.3) is 5.91 Å². The molecule has 1 aromatic carbocycles. The molecule has 17 heavy (non-hydrogen) atoms. The van der Waals surface area contributed by atoms with E-state index in [2.05, 4.69) is 27.6 Å². The molecular formula is C10H10IN2O2PS. The molecule has 4 N–H and O–H groups in total. The number of aromatic amines is 1. The second-order valence-corrected chi connectivity index (χ2v) is 9.37. The number of H-pyrrole nitrogens is 1. The van der Waals surface area contributed by atoms with E-state index in [4.69, 9.17) is 17.5 Å². The van der Waals surface area contributed by atoms with Crippen LogP contribution >= 0.6 is 28.9 Å². The van der Waals surface area contributed by atoms with Crippen LogP contribution in [0.4, 0.5) is 0 Å². The number of nitrogens with one attached hydrogen (secondary N) is 1. The highest BCUT2D eigenvalue weighted by Gasteiger charge is 2.23. The Morgan fingerprint density at radius 3 is 2.76 bits per heavy atom. The molecule has 0 spiro atoms. The monoisotopic (exact) mass is 380 g/mol. The predicted octanol–water partition coefficient (Wildman–Crippen LogP) is 1.51. The molecular weight excluding hydrogens is 370 g/mol. The number of aromatic nitrogens is 1. The summed E-state index contributed by atoms with van der Waals surface area (Å²) in [6, 6.07) is 5.64. The molecule has 90 valence electrons. The van der Waals surface area contributed by atoms with Gasteiger partial charge < -0.3 is 15.6 Å². The highest BCUT2D eigenvalue weighted by atomic mass is 127. The summed E-state index contributed by atoms with van der Waals surface area (Å²) in [6.07, 6.45) is -2.73. The molecule has 0 aliphatic carbocycles. The van der Waals surface area contributed by atoms with E-state index in [0.29, 0.717) is 5.30 Å². The van der Waals surface area contributed by atoms with Gasteiger partial charge in [0.2, 0.25) is 0 Å². The van der Waals surface area contributed by atoms with Crippen molar-refractivity contribution < 1.29 is 9.69 Å². The standard InChI is InChI=1S/C10H10IN2O2PS/c1-16(15,17)9-6-4-5(11)2-3-7(6)13-8(9)10(12)14/h2-4,13H,1H3,(H2,12,14)(H,15,17). The molecule has 2 rings (SSSR count). The van der Waals surface area contributed by atoms with Crippen molar-refractivity contribution in [2.75, 3.05) is 6.66 Å². The lowest BCUT2D eigenvalue weighted by molar-refractivity contribution is 0.0997. The fourth-order valence-corrected chi connectivity index (χ4v) is 4.03. The first kappa shape index (κ1) is 13.0. The van der Waals surface area contributed by atoms with Crippen molar-refractivity contribution in [2.24, 2.45) is 5.73 Å². The molecule has 7 heteroatoms. The molecule has 1 atom stereocenters. The smallest absolute Gasteiger partial charge is 0.265 e. The second kappa shape index (κ2) is 4.35. The van der Waals surface area contributed by atoms with E-state index in [9.17, 15) is 9.69 Å². The van der Waals surface area contributed by atoms with Gasteiger partial charge in [0, 0.05) is 19.8 Å². The highest BCUT2D eigenvalue weighted by molar-refractivity contribution is 14.1. The van der Waals surface area contributed by atoms with E-state index in [1.165, 1.54) is 0 Å². The number of benzene rings is 1. The Morgan fingerprint density at radius 1 is 1.59 bits per heavy atom. The Morgan fingerprint density at radius 2 is 2.24 bits per heavy atom. The maximum Gasteiger partial charge on any atom is 0.265 e. The summed E-state index contributed by atoms with van der Waals surface area (Å²) in [5.74, 6) is -0.601. The number of halogens is 1. The molecule has 2 aromatic rings. The second-order valence-electron chi connectivity index (χ2n) is 3.78. The van der Waals surface area contributed by atoms with Crippen molar-refractivity contribution >= 4 is 62.8 Å². The summed E-state index contributed by atoms with van der Waals surface area (Å²) in [6.45, 7) is 1.57. The lowest BCUT2D eigenvalue weighted by atomic mass is 10.2. The molecule has 1 amide bonds. The van der Waals surface area contributed by atoms with Crippen LogP contribution in [0.1, 0.15) is 10.5 Å². The van der Waals surface area contributed by atoms with Crippen LogP contribution in [0.2, 0.25) is 0 Å². The number of carbonyl (C=O) groups is 1. The van der Waals surface area contributed by atoms with Crippen LogP contribution in [-0.4, -0.2) is 22.4 Å². The number of hydrogen-bond acceptors (Lipinski definition) is 2. The number of amides is 1. The maximum atomic E-state index is 11.4. The van der Waals surface area contributed by atoms with Gasteiger partial charge in [0.1, 0.15) is 5.69 Å². The minimum atomic E-state index is -2.73. The highest BCUT2D eigenvalue weighted by Crippen LogP contribution is 2.39. The summed E-state index contributed by atoms with van der Waals surface area (Å²) < 4.78 is 1.01. The average Bonchev–Trinajstić information content (AvgIpc) is 2.55. The van der Waals surface area contributed by atoms with Gasteiger partial charge in [-0.3, -0.25) is 4.79 Å². The Kier molecular flexibility index (Phi) is 3.33. The van der Waals surface area contributed by atoms with Crippen LogP contribution in [-0.2, 0) is 11.8 Å². The summed E-state index contributed by atoms with van der Waals surface area (Å²) >= 11 is 7.28. The molecule has 0 radical (unpaired) electrons. The van der Waals surface area contributed by atoms with E-state index in [1.807, 2.05) is 18.2 Å². The Hall–Kier alpha value is -0.430. The molecule has 1 aromatic heterocycles. The van der Waals surface area contributed by atoms with E-state index in [-0.39, 0.29) is 5.69 Å². The van der Waals surface area contributed by atoms with Crippen LogP contribution in [0.25, 0.3) is 10.9 Å². The first-order chi connectivity index (χ1) is 7.80. The Balaban J connectivity index is 2.93. The fraction of sp³-hybridized carbons (Fsp3) is 0.100. The fourth-order valence-electron chi connectivity index (χ4n) is 1.76. The van der Waals surface area contributed by atoms with E-state index < -0.39 is 12.2 Å². The van der Waals surface area contributed by atoms with Crippen molar-refractivity contribution in [1.82, 2.24) is 4.98 Å². The molecule has 0 bridgehead atoms. The van der Waals surface area contributed by atoms with Crippen molar-refractivity contribution in [3.63, 3.8) is 0 Å². The molecule has 0 fully saturated rings. The van der Waals surface area contributed by atoms with Crippen LogP contribution in [0.3, 0.4) is 0 Å². The van der Waals surface area contributed by atoms with Crippen molar-refractivity contribution in [2.45, 2.75) is 0 Å². The van der Waals surface area contributed by atoms with Gasteiger partial charge in [-0.2, -0.15) is 0 Å². The van der Waals surface area contributed by atoms with Crippen molar-refractivity contribution in [3.05, 3.63) is 27.5 Å². The Bertz CT molecular complexity index is 662. The van der Waals surface area contributed by atoms with Gasteiger partial charge in [0.05, 0.1) is 6.26 Å². The number of carbonyl (C=O) groups excluding carboxylic acids is 1. The van der Waals surface area contributed by atoms with Gasteiger partial charge in [-0.15, -0.1) is 0 Å². The number of primary amides is 1. The number of hydrogen-bond donors (Lipinski definition) is 3. The SMILES string of the molecule is CP(O)(=S)c1c(C(N)=O)[nH]c2ccc(I)cc12. The Labute approximate surface area is 117 Å². The zero-order chi connectivity index (χ0) is 12.8. The third-order valence-electron chi connectivity index (χ3n) is 2.39. The largest absolute Gasteiger partial charge is 0.364 e. The first-order valence-corrected chi connectivity index (χ1v) is 9.00. The predicted molar refractivity (Wildman–Crippen MR) is 81.6 cm³/mol. The quantitative estimate of drug-likeness (QED) is 0.546. The van der Waals surface area contributed by atoms with Crippen molar-refractivity contribution in [3.8, 4) is 0 Å². The molecule has 0 aliphatic heterocycles.